The maximum atomic E-state index is 12.2. The van der Waals surface area contributed by atoms with Crippen molar-refractivity contribution in [1.82, 2.24) is 5.32 Å². The number of hydrogen-bond acceptors (Lipinski definition) is 3. The molecule has 1 amide bonds. The summed E-state index contributed by atoms with van der Waals surface area (Å²) >= 11 is 0. The normalized spacial score (nSPS) is 20.7. The first-order valence-corrected chi connectivity index (χ1v) is 6.32. The lowest BCUT2D eigenvalue weighted by Crippen LogP contribution is -2.38. The molecule has 1 saturated heterocycles. The van der Waals surface area contributed by atoms with E-state index in [-0.39, 0.29) is 11.9 Å². The number of nitrogen functional groups attached to an aromatic ring is 1. The van der Waals surface area contributed by atoms with Crippen LogP contribution in [-0.2, 0) is 4.74 Å². The van der Waals surface area contributed by atoms with Gasteiger partial charge in [-0.25, -0.2) is 0 Å². The van der Waals surface area contributed by atoms with E-state index in [0.717, 1.165) is 25.2 Å². The molecular formula is C14H20N2O2. The number of amides is 1. The van der Waals surface area contributed by atoms with Gasteiger partial charge in [0.2, 0.25) is 0 Å². The fourth-order valence-electron chi connectivity index (χ4n) is 2.22. The summed E-state index contributed by atoms with van der Waals surface area (Å²) in [7, 11) is 0. The third-order valence-corrected chi connectivity index (χ3v) is 3.48. The highest BCUT2D eigenvalue weighted by molar-refractivity contribution is 5.99. The Morgan fingerprint density at radius 2 is 2.33 bits per heavy atom. The minimum atomic E-state index is -0.101. The molecule has 0 aromatic heterocycles. The van der Waals surface area contributed by atoms with E-state index in [4.69, 9.17) is 10.5 Å². The van der Waals surface area contributed by atoms with Gasteiger partial charge in [0.15, 0.2) is 0 Å². The Hall–Kier alpha value is -1.55. The smallest absolute Gasteiger partial charge is 0.253 e. The van der Waals surface area contributed by atoms with Crippen molar-refractivity contribution in [1.29, 1.82) is 0 Å². The van der Waals surface area contributed by atoms with Crippen molar-refractivity contribution in [3.63, 3.8) is 0 Å². The molecule has 4 heteroatoms. The first-order chi connectivity index (χ1) is 8.58. The molecule has 2 unspecified atom stereocenters. The molecule has 18 heavy (non-hydrogen) atoms. The quantitative estimate of drug-likeness (QED) is 0.801. The average Bonchev–Trinajstić information content (AvgIpc) is 2.85. The lowest BCUT2D eigenvalue weighted by Gasteiger charge is -2.19. The third-order valence-electron chi connectivity index (χ3n) is 3.48. The van der Waals surface area contributed by atoms with Gasteiger partial charge >= 0.3 is 0 Å². The van der Waals surface area contributed by atoms with Crippen LogP contribution in [0.5, 0.6) is 0 Å². The number of hydrogen-bond donors (Lipinski definition) is 2. The van der Waals surface area contributed by atoms with Crippen molar-refractivity contribution in [3.8, 4) is 0 Å². The Balaban J connectivity index is 2.04. The van der Waals surface area contributed by atoms with Crippen molar-refractivity contribution in [2.45, 2.75) is 26.3 Å². The maximum Gasteiger partial charge on any atom is 0.253 e. The molecule has 1 heterocycles. The van der Waals surface area contributed by atoms with Crippen molar-refractivity contribution < 1.29 is 9.53 Å². The van der Waals surface area contributed by atoms with Gasteiger partial charge in [-0.2, -0.15) is 0 Å². The summed E-state index contributed by atoms with van der Waals surface area (Å²) < 4.78 is 5.33. The van der Waals surface area contributed by atoms with Gasteiger partial charge in [0.1, 0.15) is 0 Å². The fraction of sp³-hybridized carbons (Fsp3) is 0.500. The van der Waals surface area contributed by atoms with Crippen molar-refractivity contribution in [3.05, 3.63) is 29.3 Å². The molecule has 98 valence electrons. The fourth-order valence-corrected chi connectivity index (χ4v) is 2.22. The molecule has 0 radical (unpaired) electrons. The van der Waals surface area contributed by atoms with Gasteiger partial charge in [-0.1, -0.05) is 11.6 Å². The minimum absolute atomic E-state index is 0.101. The number of ether oxygens (including phenoxy) is 1. The van der Waals surface area contributed by atoms with E-state index in [1.807, 2.05) is 26.0 Å². The van der Waals surface area contributed by atoms with Crippen molar-refractivity contribution in [2.24, 2.45) is 5.92 Å². The number of aryl methyl sites for hydroxylation is 1. The van der Waals surface area contributed by atoms with Gasteiger partial charge in [-0.05, 0) is 32.4 Å². The molecule has 3 N–H and O–H groups in total. The van der Waals surface area contributed by atoms with E-state index in [2.05, 4.69) is 5.32 Å². The molecule has 1 aliphatic heterocycles. The molecule has 4 nitrogen and oxygen atoms in total. The van der Waals surface area contributed by atoms with Gasteiger partial charge in [-0.3, -0.25) is 4.79 Å². The van der Waals surface area contributed by atoms with E-state index in [1.54, 1.807) is 6.07 Å². The molecule has 1 aromatic rings. The number of anilines is 1. The molecule has 0 aliphatic carbocycles. The van der Waals surface area contributed by atoms with Crippen LogP contribution in [0.15, 0.2) is 18.2 Å². The summed E-state index contributed by atoms with van der Waals surface area (Å²) in [5.41, 5.74) is 7.95. The SMILES string of the molecule is Cc1ccc(N)c(C(=O)NC(C)C2CCOC2)c1. The van der Waals surface area contributed by atoms with Gasteiger partial charge in [0, 0.05) is 24.3 Å². The molecule has 0 spiro atoms. The first-order valence-electron chi connectivity index (χ1n) is 6.32. The largest absolute Gasteiger partial charge is 0.398 e. The summed E-state index contributed by atoms with van der Waals surface area (Å²) in [5.74, 6) is 0.301. The second-order valence-electron chi connectivity index (χ2n) is 4.98. The second kappa shape index (κ2) is 5.40. The van der Waals surface area contributed by atoms with E-state index in [0.29, 0.717) is 17.2 Å². The second-order valence-corrected chi connectivity index (χ2v) is 4.98. The Morgan fingerprint density at radius 1 is 1.56 bits per heavy atom. The number of rotatable bonds is 3. The van der Waals surface area contributed by atoms with Crippen LogP contribution in [0.1, 0.15) is 29.3 Å². The molecule has 2 atom stereocenters. The third kappa shape index (κ3) is 2.82. The van der Waals surface area contributed by atoms with Crippen LogP contribution >= 0.6 is 0 Å². The number of benzene rings is 1. The van der Waals surface area contributed by atoms with Gasteiger partial charge in [-0.15, -0.1) is 0 Å². The van der Waals surface area contributed by atoms with Gasteiger partial charge < -0.3 is 15.8 Å². The molecule has 1 fully saturated rings. The summed E-state index contributed by atoms with van der Waals surface area (Å²) in [6.07, 6.45) is 1.00. The molecular weight excluding hydrogens is 228 g/mol. The lowest BCUT2D eigenvalue weighted by atomic mass is 10.00. The molecule has 1 aliphatic rings. The molecule has 0 bridgehead atoms. The standard InChI is InChI=1S/C14H20N2O2/c1-9-3-4-13(15)12(7-9)14(17)16-10(2)11-5-6-18-8-11/h3-4,7,10-11H,5-6,8,15H2,1-2H3,(H,16,17). The topological polar surface area (TPSA) is 64.4 Å². The maximum absolute atomic E-state index is 12.2. The van der Waals surface area contributed by atoms with Crippen molar-refractivity contribution in [2.75, 3.05) is 18.9 Å². The molecule has 2 rings (SSSR count). The zero-order valence-corrected chi connectivity index (χ0v) is 10.9. The summed E-state index contributed by atoms with van der Waals surface area (Å²) in [5, 5.41) is 3.01. The highest BCUT2D eigenvalue weighted by atomic mass is 16.5. The highest BCUT2D eigenvalue weighted by Gasteiger charge is 2.24. The van der Waals surface area contributed by atoms with Gasteiger partial charge in [0.05, 0.1) is 12.2 Å². The summed E-state index contributed by atoms with van der Waals surface area (Å²) in [4.78, 5) is 12.2. The molecule has 0 saturated carbocycles. The van der Waals surface area contributed by atoms with Crippen LogP contribution in [0.2, 0.25) is 0 Å². The van der Waals surface area contributed by atoms with E-state index >= 15 is 0 Å². The number of carbonyl (C=O) groups is 1. The van der Waals surface area contributed by atoms with E-state index in [1.165, 1.54) is 0 Å². The first kappa shape index (κ1) is 12.9. The lowest BCUT2D eigenvalue weighted by molar-refractivity contribution is 0.0923. The van der Waals surface area contributed by atoms with Crippen LogP contribution in [0.4, 0.5) is 5.69 Å². The summed E-state index contributed by atoms with van der Waals surface area (Å²) in [6, 6.07) is 5.61. The van der Waals surface area contributed by atoms with E-state index < -0.39 is 0 Å². The number of nitrogens with two attached hydrogens (primary N) is 1. The van der Waals surface area contributed by atoms with E-state index in [9.17, 15) is 4.79 Å². The average molecular weight is 248 g/mol. The number of nitrogens with one attached hydrogen (secondary N) is 1. The van der Waals surface area contributed by atoms with Crippen LogP contribution in [0.3, 0.4) is 0 Å². The Kier molecular flexibility index (Phi) is 3.87. The van der Waals surface area contributed by atoms with Crippen LogP contribution in [0, 0.1) is 12.8 Å². The molecule has 1 aromatic carbocycles. The predicted octanol–water partition coefficient (Wildman–Crippen LogP) is 1.73. The number of carbonyl (C=O) groups excluding carboxylic acids is 1. The Labute approximate surface area is 108 Å². The Bertz CT molecular complexity index is 439. The zero-order valence-electron chi connectivity index (χ0n) is 10.9. The van der Waals surface area contributed by atoms with Crippen LogP contribution in [-0.4, -0.2) is 25.2 Å². The zero-order chi connectivity index (χ0) is 13.1. The van der Waals surface area contributed by atoms with Gasteiger partial charge in [0.25, 0.3) is 5.91 Å². The van der Waals surface area contributed by atoms with Crippen LogP contribution in [0.25, 0.3) is 0 Å². The van der Waals surface area contributed by atoms with Crippen molar-refractivity contribution >= 4 is 11.6 Å². The monoisotopic (exact) mass is 248 g/mol. The highest BCUT2D eigenvalue weighted by Crippen LogP contribution is 2.18. The predicted molar refractivity (Wildman–Crippen MR) is 71.4 cm³/mol. The minimum Gasteiger partial charge on any atom is -0.398 e. The van der Waals surface area contributed by atoms with Crippen LogP contribution < -0.4 is 11.1 Å². The summed E-state index contributed by atoms with van der Waals surface area (Å²) in [6.45, 7) is 5.48. The Morgan fingerprint density at radius 3 is 3.00 bits per heavy atom.